The fourth-order valence-corrected chi connectivity index (χ4v) is 8.74. The molecular weight excluding hydrogens is 658 g/mol. The van der Waals surface area contributed by atoms with Crippen molar-refractivity contribution in [2.75, 3.05) is 16.9 Å². The van der Waals surface area contributed by atoms with Gasteiger partial charge in [-0.15, -0.1) is 23.2 Å². The molecule has 0 bridgehead atoms. The largest absolute Gasteiger partial charge is 0.504 e. The fraction of sp³-hybridized carbons (Fsp3) is 0.294. The molecule has 0 radical (unpaired) electrons. The topological polar surface area (TPSA) is 104 Å². The number of methoxy groups -OCH3 is 1. The van der Waals surface area contributed by atoms with Gasteiger partial charge in [0, 0.05) is 10.9 Å². The first-order valence-electron chi connectivity index (χ1n) is 14.6. The molecule has 236 valence electrons. The molecule has 0 spiro atoms. The average Bonchev–Trinajstić information content (AvgIpc) is 3.37. The van der Waals surface area contributed by atoms with Crippen molar-refractivity contribution in [3.05, 3.63) is 94.3 Å². The summed E-state index contributed by atoms with van der Waals surface area (Å²) >= 11 is 21.1. The normalized spacial score (nSPS) is 30.3. The lowest BCUT2D eigenvalue weighted by atomic mass is 9.56. The van der Waals surface area contributed by atoms with Crippen LogP contribution in [0.25, 0.3) is 0 Å². The number of carbonyl (C=O) groups is 4. The second-order valence-electron chi connectivity index (χ2n) is 12.1. The SMILES string of the molecule is COc1ccc([C@H]2C3=CC[C@@H]4C(=O)N(c5ccc(C)c(Cl)c5)C(=O)[C@@H]4[C@@H]3C[C@@]3(Cl)C(=O)N(c4ccc(F)cc4)C(=O)[C@@]23Cl)cc1O. The lowest BCUT2D eigenvalue weighted by molar-refractivity contribution is -0.125. The van der Waals surface area contributed by atoms with E-state index in [-0.39, 0.29) is 30.0 Å². The van der Waals surface area contributed by atoms with Crippen molar-refractivity contribution in [1.82, 2.24) is 0 Å². The van der Waals surface area contributed by atoms with Crippen molar-refractivity contribution in [2.45, 2.75) is 35.4 Å². The first-order valence-corrected chi connectivity index (χ1v) is 15.7. The van der Waals surface area contributed by atoms with E-state index in [0.29, 0.717) is 21.8 Å². The number of anilines is 2. The molecule has 2 aliphatic carbocycles. The first kappa shape index (κ1) is 30.7. The summed E-state index contributed by atoms with van der Waals surface area (Å²) in [7, 11) is 1.39. The summed E-state index contributed by atoms with van der Waals surface area (Å²) in [4.78, 5) is 54.5. The number of carbonyl (C=O) groups excluding carboxylic acids is 4. The number of hydrogen-bond donors (Lipinski definition) is 1. The summed E-state index contributed by atoms with van der Waals surface area (Å²) in [5.41, 5.74) is 2.10. The van der Waals surface area contributed by atoms with E-state index in [0.717, 1.165) is 27.5 Å². The van der Waals surface area contributed by atoms with Gasteiger partial charge in [-0.2, -0.15) is 0 Å². The van der Waals surface area contributed by atoms with Crippen LogP contribution in [-0.4, -0.2) is 45.6 Å². The van der Waals surface area contributed by atoms with Crippen molar-refractivity contribution in [3.8, 4) is 11.5 Å². The zero-order chi connectivity index (χ0) is 32.9. The number of ether oxygens (including phenoxy) is 1. The van der Waals surface area contributed by atoms with E-state index in [2.05, 4.69) is 0 Å². The quantitative estimate of drug-likeness (QED) is 0.198. The number of imide groups is 2. The third kappa shape index (κ3) is 4.04. The number of phenols is 1. The van der Waals surface area contributed by atoms with Gasteiger partial charge in [0.1, 0.15) is 5.82 Å². The molecule has 7 rings (SSSR count). The molecule has 8 nitrogen and oxygen atoms in total. The van der Waals surface area contributed by atoms with Gasteiger partial charge in [-0.25, -0.2) is 14.2 Å². The number of aromatic hydroxyl groups is 1. The van der Waals surface area contributed by atoms with Crippen LogP contribution in [-0.2, 0) is 19.2 Å². The van der Waals surface area contributed by atoms with Crippen LogP contribution in [0.1, 0.15) is 29.9 Å². The minimum Gasteiger partial charge on any atom is -0.504 e. The number of fused-ring (bicyclic) bond motifs is 4. The monoisotopic (exact) mass is 682 g/mol. The highest BCUT2D eigenvalue weighted by Gasteiger charge is 2.76. The maximum atomic E-state index is 14.4. The molecule has 2 saturated heterocycles. The number of benzene rings is 3. The Morgan fingerprint density at radius 1 is 0.891 bits per heavy atom. The third-order valence-electron chi connectivity index (χ3n) is 9.85. The molecule has 4 aliphatic rings. The summed E-state index contributed by atoms with van der Waals surface area (Å²) in [6.45, 7) is 1.81. The second kappa shape index (κ2) is 10.6. The summed E-state index contributed by atoms with van der Waals surface area (Å²) in [6, 6.07) is 14.2. The van der Waals surface area contributed by atoms with Crippen LogP contribution in [0, 0.1) is 30.5 Å². The van der Waals surface area contributed by atoms with Gasteiger partial charge in [0.2, 0.25) is 11.8 Å². The Hall–Kier alpha value is -3.92. The number of hydrogen-bond acceptors (Lipinski definition) is 6. The van der Waals surface area contributed by atoms with Crippen LogP contribution in [0.2, 0.25) is 5.02 Å². The molecule has 2 aliphatic heterocycles. The Morgan fingerprint density at radius 2 is 1.59 bits per heavy atom. The molecule has 3 aromatic carbocycles. The molecular formula is C34H26Cl3FN2O6. The average molecular weight is 684 g/mol. The van der Waals surface area contributed by atoms with Gasteiger partial charge in [-0.1, -0.05) is 35.4 Å². The van der Waals surface area contributed by atoms with E-state index in [1.807, 2.05) is 6.92 Å². The molecule has 6 atom stereocenters. The summed E-state index contributed by atoms with van der Waals surface area (Å²) < 4.78 is 19.1. The van der Waals surface area contributed by atoms with Gasteiger partial charge in [0.15, 0.2) is 21.2 Å². The first-order chi connectivity index (χ1) is 21.8. The highest BCUT2D eigenvalue weighted by molar-refractivity contribution is 6.58. The van der Waals surface area contributed by atoms with Crippen LogP contribution in [0.5, 0.6) is 11.5 Å². The molecule has 2 heterocycles. The van der Waals surface area contributed by atoms with Crippen LogP contribution in [0.15, 0.2) is 72.3 Å². The summed E-state index contributed by atoms with van der Waals surface area (Å²) in [5, 5.41) is 11.2. The highest BCUT2D eigenvalue weighted by atomic mass is 35.5. The zero-order valence-corrected chi connectivity index (χ0v) is 26.7. The number of aryl methyl sites for hydroxylation is 1. The molecule has 3 aromatic rings. The van der Waals surface area contributed by atoms with Gasteiger partial charge in [-0.05, 0) is 85.3 Å². The number of nitrogens with zero attached hydrogens (tertiary/aromatic N) is 2. The molecule has 1 N–H and O–H groups in total. The minimum absolute atomic E-state index is 0.0755. The smallest absolute Gasteiger partial charge is 0.258 e. The van der Waals surface area contributed by atoms with E-state index >= 15 is 0 Å². The molecule has 12 heteroatoms. The Kier molecular flexibility index (Phi) is 7.05. The Morgan fingerprint density at radius 3 is 2.24 bits per heavy atom. The van der Waals surface area contributed by atoms with Gasteiger partial charge >= 0.3 is 0 Å². The molecule has 1 saturated carbocycles. The van der Waals surface area contributed by atoms with Crippen molar-refractivity contribution in [1.29, 1.82) is 0 Å². The van der Waals surface area contributed by atoms with E-state index in [9.17, 15) is 28.7 Å². The van der Waals surface area contributed by atoms with Crippen molar-refractivity contribution < 1.29 is 33.4 Å². The van der Waals surface area contributed by atoms with Crippen LogP contribution >= 0.6 is 34.8 Å². The number of allylic oxidation sites excluding steroid dienone is 2. The molecule has 46 heavy (non-hydrogen) atoms. The molecule has 0 aromatic heterocycles. The predicted molar refractivity (Wildman–Crippen MR) is 170 cm³/mol. The maximum Gasteiger partial charge on any atom is 0.258 e. The Labute approximate surface area is 278 Å². The third-order valence-corrected chi connectivity index (χ3v) is 11.7. The number of rotatable bonds is 4. The van der Waals surface area contributed by atoms with Gasteiger partial charge < -0.3 is 9.84 Å². The van der Waals surface area contributed by atoms with Crippen molar-refractivity contribution in [3.63, 3.8) is 0 Å². The lowest BCUT2D eigenvalue weighted by Gasteiger charge is -2.50. The summed E-state index contributed by atoms with van der Waals surface area (Å²) in [5.74, 6) is -6.72. The van der Waals surface area contributed by atoms with E-state index in [1.165, 1.54) is 31.4 Å². The predicted octanol–water partition coefficient (Wildman–Crippen LogP) is 6.27. The van der Waals surface area contributed by atoms with Crippen LogP contribution in [0.4, 0.5) is 15.8 Å². The summed E-state index contributed by atoms with van der Waals surface area (Å²) in [6.07, 6.45) is 1.74. The fourth-order valence-electron chi connectivity index (χ4n) is 7.63. The maximum absolute atomic E-state index is 14.4. The number of amides is 4. The molecule has 4 amide bonds. The lowest BCUT2D eigenvalue weighted by Crippen LogP contribution is -2.60. The Balaban J connectivity index is 1.39. The minimum atomic E-state index is -2.12. The van der Waals surface area contributed by atoms with Crippen molar-refractivity contribution in [2.24, 2.45) is 17.8 Å². The standard InChI is InChI=1S/C34H26Cl3FN2O6/c1-16-3-7-20(14-24(16)35)39-29(42)22-11-10-21-23(27(22)30(39)43)15-33(36)31(44)40(19-8-5-18(38)6-9-19)32(45)34(33,37)28(21)17-4-12-26(46-2)25(41)13-17/h3-10,12-14,22-23,27-28,41H,11,15H2,1-2H3/t22-,23+,27-,28-,33+,34-/m0/s1. The van der Waals surface area contributed by atoms with Crippen LogP contribution < -0.4 is 14.5 Å². The zero-order valence-electron chi connectivity index (χ0n) is 24.5. The van der Waals surface area contributed by atoms with Crippen LogP contribution in [0.3, 0.4) is 0 Å². The Bertz CT molecular complexity index is 1900. The number of phenolic OH excluding ortho intramolecular Hbond substituents is 1. The second-order valence-corrected chi connectivity index (χ2v) is 13.8. The van der Waals surface area contributed by atoms with E-state index in [1.54, 1.807) is 30.3 Å². The van der Waals surface area contributed by atoms with E-state index < -0.39 is 62.9 Å². The van der Waals surface area contributed by atoms with Gasteiger partial charge in [0.25, 0.3) is 11.8 Å². The van der Waals surface area contributed by atoms with Gasteiger partial charge in [-0.3, -0.25) is 19.2 Å². The molecule has 0 unspecified atom stereocenters. The van der Waals surface area contributed by atoms with E-state index in [4.69, 9.17) is 39.5 Å². The number of alkyl halides is 2. The van der Waals surface area contributed by atoms with Crippen molar-refractivity contribution >= 4 is 69.8 Å². The molecule has 3 fully saturated rings. The number of halogens is 4. The van der Waals surface area contributed by atoms with Gasteiger partial charge in [0.05, 0.1) is 30.3 Å². The highest BCUT2D eigenvalue weighted by Crippen LogP contribution is 2.66.